The van der Waals surface area contributed by atoms with Gasteiger partial charge in [0.05, 0.1) is 16.9 Å². The lowest BCUT2D eigenvalue weighted by atomic mass is 10.3. The van der Waals surface area contributed by atoms with Crippen LogP contribution in [0.1, 0.15) is 0 Å². The van der Waals surface area contributed by atoms with Crippen LogP contribution < -0.4 is 0 Å². The minimum absolute atomic E-state index is 1.34. The predicted molar refractivity (Wildman–Crippen MR) is 111 cm³/mol. The van der Waals surface area contributed by atoms with E-state index in [1.54, 1.807) is 35.3 Å². The highest BCUT2D eigenvalue weighted by atomic mass is 32.3. The van der Waals surface area contributed by atoms with Crippen LogP contribution in [0.25, 0.3) is 0 Å². The van der Waals surface area contributed by atoms with Crippen molar-refractivity contribution in [1.82, 2.24) is 0 Å². The maximum atomic E-state index is 2.25. The van der Waals surface area contributed by atoms with E-state index in [4.69, 9.17) is 0 Å². The standard InChI is InChI=1S/C14H8S7/c1(10-16-7-8-17-10)2-11-18-13-14(19-11)21-12(20-13)9-3-5-15-6-4-9/h1-8H. The molecule has 0 N–H and O–H groups in total. The van der Waals surface area contributed by atoms with Gasteiger partial charge in [-0.3, -0.25) is 0 Å². The average Bonchev–Trinajstić information content (AvgIpc) is 3.22. The van der Waals surface area contributed by atoms with Crippen LogP contribution in [0, 0.1) is 0 Å². The molecule has 0 unspecified atom stereocenters. The first-order valence-corrected chi connectivity index (χ1v) is 11.9. The minimum atomic E-state index is 1.34. The van der Waals surface area contributed by atoms with Gasteiger partial charge in [-0.15, -0.1) is 11.8 Å². The van der Waals surface area contributed by atoms with Gasteiger partial charge in [-0.2, -0.15) is 0 Å². The Morgan fingerprint density at radius 2 is 1.24 bits per heavy atom. The molecule has 0 aromatic carbocycles. The molecule has 0 saturated carbocycles. The largest absolute Gasteiger partial charge is 0.106 e. The molecule has 0 bridgehead atoms. The van der Waals surface area contributed by atoms with Gasteiger partial charge in [0.15, 0.2) is 0 Å². The van der Waals surface area contributed by atoms with Crippen LogP contribution >= 0.6 is 82.3 Å². The fourth-order valence-electron chi connectivity index (χ4n) is 1.68. The molecule has 4 rings (SSSR count). The number of hydrogen-bond donors (Lipinski definition) is 0. The van der Waals surface area contributed by atoms with Gasteiger partial charge in [0, 0.05) is 4.24 Å². The first-order valence-electron chi connectivity index (χ1n) is 5.97. The van der Waals surface area contributed by atoms with Crippen LogP contribution in [0.5, 0.6) is 0 Å². The van der Waals surface area contributed by atoms with Gasteiger partial charge in [-0.25, -0.2) is 0 Å². The second kappa shape index (κ2) is 7.03. The zero-order valence-electron chi connectivity index (χ0n) is 10.5. The molecule has 0 aliphatic carbocycles. The van der Waals surface area contributed by atoms with Crippen molar-refractivity contribution in [2.75, 3.05) is 0 Å². The molecule has 21 heavy (non-hydrogen) atoms. The van der Waals surface area contributed by atoms with Crippen molar-refractivity contribution >= 4 is 82.3 Å². The van der Waals surface area contributed by atoms with Crippen molar-refractivity contribution in [2.45, 2.75) is 0 Å². The Kier molecular flexibility index (Phi) is 5.08. The van der Waals surface area contributed by atoms with Crippen molar-refractivity contribution < 1.29 is 0 Å². The summed E-state index contributed by atoms with van der Waals surface area (Å²) in [5.74, 6) is 0. The molecule has 0 spiro atoms. The van der Waals surface area contributed by atoms with Crippen LogP contribution in [0.3, 0.4) is 0 Å². The number of rotatable bonds is 1. The lowest BCUT2D eigenvalue weighted by Crippen LogP contribution is -1.78. The number of hydrogen-bond acceptors (Lipinski definition) is 7. The van der Waals surface area contributed by atoms with Crippen LogP contribution in [-0.2, 0) is 0 Å². The highest BCUT2D eigenvalue weighted by molar-refractivity contribution is 8.48. The molecule has 0 aromatic heterocycles. The lowest BCUT2D eigenvalue weighted by molar-refractivity contribution is 1.75. The third-order valence-electron chi connectivity index (χ3n) is 2.59. The molecule has 0 nitrogen and oxygen atoms in total. The molecular formula is C14H8S7. The maximum Gasteiger partial charge on any atom is 0.0717 e. The van der Waals surface area contributed by atoms with E-state index in [9.17, 15) is 0 Å². The summed E-state index contributed by atoms with van der Waals surface area (Å²) in [6.45, 7) is 0. The van der Waals surface area contributed by atoms with E-state index in [2.05, 4.69) is 45.9 Å². The summed E-state index contributed by atoms with van der Waals surface area (Å²) in [7, 11) is 0. The molecule has 106 valence electrons. The minimum Gasteiger partial charge on any atom is -0.106 e. The summed E-state index contributed by atoms with van der Waals surface area (Å²) in [6.07, 6.45) is 8.90. The van der Waals surface area contributed by atoms with E-state index >= 15 is 0 Å². The topological polar surface area (TPSA) is 0 Å². The SMILES string of the molecule is C1=CC(=C2SC3=C(SC(=CC=C4SC=CS4)S3)S2)C=CS1. The van der Waals surface area contributed by atoms with Crippen LogP contribution in [0.15, 0.2) is 72.7 Å². The van der Waals surface area contributed by atoms with Gasteiger partial charge in [-0.1, -0.05) is 70.6 Å². The fourth-order valence-corrected chi connectivity index (χ4v) is 9.94. The zero-order valence-corrected chi connectivity index (χ0v) is 16.2. The highest BCUT2D eigenvalue weighted by Gasteiger charge is 2.30. The van der Waals surface area contributed by atoms with E-state index in [-0.39, 0.29) is 0 Å². The van der Waals surface area contributed by atoms with E-state index in [1.807, 2.05) is 47.0 Å². The number of thioether (sulfide) groups is 7. The van der Waals surface area contributed by atoms with Gasteiger partial charge in [0.25, 0.3) is 0 Å². The van der Waals surface area contributed by atoms with E-state index in [0.29, 0.717) is 0 Å². The summed E-state index contributed by atoms with van der Waals surface area (Å²) in [4.78, 5) is 0. The van der Waals surface area contributed by atoms with Crippen molar-refractivity contribution in [3.63, 3.8) is 0 Å². The van der Waals surface area contributed by atoms with Gasteiger partial charge < -0.3 is 0 Å². The van der Waals surface area contributed by atoms with Crippen LogP contribution in [0.4, 0.5) is 0 Å². The van der Waals surface area contributed by atoms with Gasteiger partial charge in [0.1, 0.15) is 0 Å². The molecule has 4 aliphatic heterocycles. The summed E-state index contributed by atoms with van der Waals surface area (Å²) < 4.78 is 7.05. The smallest absolute Gasteiger partial charge is 0.0717 e. The molecular weight excluding hydrogens is 393 g/mol. The average molecular weight is 401 g/mol. The normalized spacial score (nSPS) is 23.6. The quantitative estimate of drug-likeness (QED) is 0.436. The Morgan fingerprint density at radius 1 is 0.619 bits per heavy atom. The molecule has 0 atom stereocenters. The Morgan fingerprint density at radius 3 is 1.90 bits per heavy atom. The highest BCUT2D eigenvalue weighted by Crippen LogP contribution is 2.67. The third-order valence-corrected chi connectivity index (χ3v) is 10.8. The molecule has 0 amide bonds. The molecule has 0 aromatic rings. The Bertz CT molecular complexity index is 642. The first kappa shape index (κ1) is 15.2. The Balaban J connectivity index is 1.43. The Hall–Kier alpha value is 0.630. The zero-order chi connectivity index (χ0) is 14.1. The van der Waals surface area contributed by atoms with Gasteiger partial charge in [0.2, 0.25) is 0 Å². The number of allylic oxidation sites excluding steroid dienone is 5. The lowest BCUT2D eigenvalue weighted by Gasteiger charge is -2.06. The van der Waals surface area contributed by atoms with Crippen molar-refractivity contribution in [3.05, 3.63) is 72.7 Å². The molecule has 4 aliphatic rings. The third kappa shape index (κ3) is 3.59. The second-order valence-corrected chi connectivity index (χ2v) is 12.1. The summed E-state index contributed by atoms with van der Waals surface area (Å²) >= 11 is 13.0. The summed E-state index contributed by atoms with van der Waals surface area (Å²) in [6, 6.07) is 0. The maximum absolute atomic E-state index is 2.25. The molecule has 0 saturated heterocycles. The fraction of sp³-hybridized carbons (Fsp3) is 0. The van der Waals surface area contributed by atoms with Crippen molar-refractivity contribution in [2.24, 2.45) is 0 Å². The van der Waals surface area contributed by atoms with E-state index in [0.717, 1.165) is 0 Å². The van der Waals surface area contributed by atoms with Crippen molar-refractivity contribution in [3.8, 4) is 0 Å². The van der Waals surface area contributed by atoms with E-state index in [1.165, 1.54) is 26.8 Å². The summed E-state index contributed by atoms with van der Waals surface area (Å²) in [5, 5.41) is 8.57. The summed E-state index contributed by atoms with van der Waals surface area (Å²) in [5.41, 5.74) is 1.34. The van der Waals surface area contributed by atoms with E-state index < -0.39 is 0 Å². The van der Waals surface area contributed by atoms with Crippen LogP contribution in [-0.4, -0.2) is 0 Å². The van der Waals surface area contributed by atoms with Gasteiger partial charge in [-0.05, 0) is 51.5 Å². The molecule has 0 fully saturated rings. The molecule has 4 heterocycles. The predicted octanol–water partition coefficient (Wildman–Crippen LogP) is 7.69. The van der Waals surface area contributed by atoms with Crippen molar-refractivity contribution in [1.29, 1.82) is 0 Å². The Labute approximate surface area is 153 Å². The molecule has 0 radical (unpaired) electrons. The second-order valence-electron chi connectivity index (χ2n) is 3.95. The monoisotopic (exact) mass is 400 g/mol. The first-order chi connectivity index (χ1) is 10.4. The van der Waals surface area contributed by atoms with Crippen LogP contribution in [0.2, 0.25) is 0 Å². The molecule has 7 heteroatoms. The van der Waals surface area contributed by atoms with Gasteiger partial charge >= 0.3 is 0 Å².